The number of nitrogens with two attached hydrogens (primary N) is 1. The first-order chi connectivity index (χ1) is 11.5. The highest BCUT2D eigenvalue weighted by atomic mass is 35.5. The summed E-state index contributed by atoms with van der Waals surface area (Å²) in [5.41, 5.74) is 10.2. The fourth-order valence-electron chi connectivity index (χ4n) is 3.88. The summed E-state index contributed by atoms with van der Waals surface area (Å²) in [5, 5.41) is 0. The first kappa shape index (κ1) is 18.4. The zero-order chi connectivity index (χ0) is 16.9. The molecule has 1 aromatic carbocycles. The zero-order valence-electron chi connectivity index (χ0n) is 14.7. The lowest BCUT2D eigenvalue weighted by Gasteiger charge is -2.42. The summed E-state index contributed by atoms with van der Waals surface area (Å²) in [6.07, 6.45) is 2.98. The molecule has 5 heteroatoms. The largest absolute Gasteiger partial charge is 0.337 e. The van der Waals surface area contributed by atoms with Crippen LogP contribution in [0.25, 0.3) is 10.4 Å². The van der Waals surface area contributed by atoms with Gasteiger partial charge in [-0.2, -0.15) is 0 Å². The summed E-state index contributed by atoms with van der Waals surface area (Å²) < 4.78 is 0. The molecule has 2 aliphatic rings. The van der Waals surface area contributed by atoms with Crippen molar-refractivity contribution in [1.82, 2.24) is 4.90 Å². The van der Waals surface area contributed by atoms with Crippen LogP contribution < -0.4 is 5.73 Å². The van der Waals surface area contributed by atoms with Gasteiger partial charge in [-0.1, -0.05) is 38.1 Å². The van der Waals surface area contributed by atoms with Crippen LogP contribution in [0.15, 0.2) is 30.3 Å². The van der Waals surface area contributed by atoms with Crippen LogP contribution in [0.5, 0.6) is 0 Å². The topological polar surface area (TPSA) is 46.3 Å². The molecular weight excluding hydrogens is 352 g/mol. The van der Waals surface area contributed by atoms with Gasteiger partial charge >= 0.3 is 0 Å². The van der Waals surface area contributed by atoms with Crippen LogP contribution in [0.2, 0.25) is 0 Å². The molecule has 134 valence electrons. The molecule has 1 aliphatic heterocycles. The van der Waals surface area contributed by atoms with Crippen molar-refractivity contribution in [3.8, 4) is 10.4 Å². The van der Waals surface area contributed by atoms with Gasteiger partial charge in [-0.3, -0.25) is 4.79 Å². The Morgan fingerprint density at radius 3 is 2.72 bits per heavy atom. The number of halogens is 1. The minimum absolute atomic E-state index is 0. The highest BCUT2D eigenvalue weighted by Crippen LogP contribution is 2.40. The van der Waals surface area contributed by atoms with E-state index in [1.807, 2.05) is 4.90 Å². The maximum Gasteiger partial charge on any atom is 0.263 e. The maximum absolute atomic E-state index is 13.0. The number of likely N-dealkylation sites (tertiary alicyclic amines) is 1. The molecule has 2 aromatic rings. The third-order valence-corrected chi connectivity index (χ3v) is 6.74. The summed E-state index contributed by atoms with van der Waals surface area (Å²) in [6, 6.07) is 10.9. The molecule has 2 N–H and O–H groups in total. The predicted octanol–water partition coefficient (Wildman–Crippen LogP) is 4.13. The van der Waals surface area contributed by atoms with Gasteiger partial charge in [0.1, 0.15) is 0 Å². The number of hydrogen-bond donors (Lipinski definition) is 1. The molecule has 3 nitrogen and oxygen atoms in total. The van der Waals surface area contributed by atoms with Gasteiger partial charge in [-0.25, -0.2) is 0 Å². The third-order valence-electron chi connectivity index (χ3n) is 5.54. The number of fused-ring (bicyclic) bond motifs is 3. The number of amides is 1. The van der Waals surface area contributed by atoms with Crippen molar-refractivity contribution in [3.05, 3.63) is 46.3 Å². The van der Waals surface area contributed by atoms with Gasteiger partial charge in [0, 0.05) is 24.0 Å². The predicted molar refractivity (Wildman–Crippen MR) is 107 cm³/mol. The van der Waals surface area contributed by atoms with Crippen molar-refractivity contribution in [2.24, 2.45) is 11.1 Å². The average Bonchev–Trinajstić information content (AvgIpc) is 3.01. The number of rotatable bonds is 1. The maximum atomic E-state index is 13.0. The first-order valence-corrected chi connectivity index (χ1v) is 9.53. The highest BCUT2D eigenvalue weighted by molar-refractivity contribution is 7.17. The fourth-order valence-corrected chi connectivity index (χ4v) is 5.12. The van der Waals surface area contributed by atoms with Crippen LogP contribution in [0, 0.1) is 5.41 Å². The standard InChI is InChI=1S/C20H24N2OS.ClH/c1-20(2)12-22(10-9-17(20)21)19(23)16-11-14-8-7-13-5-3-4-6-15(13)18(14)24-16;/h3-6,11,17H,7-10,12,21H2,1-2H3;1H. The van der Waals surface area contributed by atoms with E-state index >= 15 is 0 Å². The lowest BCUT2D eigenvalue weighted by atomic mass is 9.79. The SMILES string of the molecule is CC1(C)CN(C(=O)c2cc3c(s2)-c2ccccc2CC3)CCC1N.Cl. The van der Waals surface area contributed by atoms with E-state index in [9.17, 15) is 4.79 Å². The molecule has 2 heterocycles. The molecule has 1 aliphatic carbocycles. The van der Waals surface area contributed by atoms with Crippen molar-refractivity contribution < 1.29 is 4.79 Å². The smallest absolute Gasteiger partial charge is 0.263 e. The number of carbonyl (C=O) groups is 1. The van der Waals surface area contributed by atoms with Crippen LogP contribution in [0.3, 0.4) is 0 Å². The van der Waals surface area contributed by atoms with Gasteiger partial charge in [0.2, 0.25) is 0 Å². The molecule has 1 atom stereocenters. The highest BCUT2D eigenvalue weighted by Gasteiger charge is 2.36. The number of benzene rings is 1. The minimum Gasteiger partial charge on any atom is -0.337 e. The molecule has 1 saturated heterocycles. The number of hydrogen-bond acceptors (Lipinski definition) is 3. The first-order valence-electron chi connectivity index (χ1n) is 8.71. The quantitative estimate of drug-likeness (QED) is 0.813. The van der Waals surface area contributed by atoms with Gasteiger partial charge in [0.15, 0.2) is 0 Å². The fraction of sp³-hybridized carbons (Fsp3) is 0.450. The van der Waals surface area contributed by atoms with Crippen LogP contribution in [-0.2, 0) is 12.8 Å². The van der Waals surface area contributed by atoms with Crippen LogP contribution >= 0.6 is 23.7 Å². The van der Waals surface area contributed by atoms with E-state index in [-0.39, 0.29) is 29.8 Å². The second kappa shape index (κ2) is 6.75. The molecule has 1 fully saturated rings. The van der Waals surface area contributed by atoms with E-state index in [2.05, 4.69) is 44.2 Å². The van der Waals surface area contributed by atoms with Crippen molar-refractivity contribution >= 4 is 29.7 Å². The molecule has 0 spiro atoms. The summed E-state index contributed by atoms with van der Waals surface area (Å²) >= 11 is 1.66. The van der Waals surface area contributed by atoms with Crippen LogP contribution in [0.4, 0.5) is 0 Å². The molecule has 0 saturated carbocycles. The molecule has 0 radical (unpaired) electrons. The van der Waals surface area contributed by atoms with E-state index in [4.69, 9.17) is 5.73 Å². The Bertz CT molecular complexity index is 799. The van der Waals surface area contributed by atoms with Gasteiger partial charge in [0.05, 0.1) is 4.88 Å². The zero-order valence-corrected chi connectivity index (χ0v) is 16.4. The van der Waals surface area contributed by atoms with Crippen LogP contribution in [0.1, 0.15) is 41.1 Å². The molecule has 25 heavy (non-hydrogen) atoms. The molecule has 4 rings (SSSR count). The normalized spacial score (nSPS) is 21.1. The van der Waals surface area contributed by atoms with Crippen LogP contribution in [-0.4, -0.2) is 29.9 Å². The van der Waals surface area contributed by atoms with E-state index in [1.54, 1.807) is 11.3 Å². The minimum atomic E-state index is -0.0165. The summed E-state index contributed by atoms with van der Waals surface area (Å²) in [5.74, 6) is 0.173. The monoisotopic (exact) mass is 376 g/mol. The van der Waals surface area contributed by atoms with Gasteiger partial charge < -0.3 is 10.6 Å². The lowest BCUT2D eigenvalue weighted by Crippen LogP contribution is -2.53. The van der Waals surface area contributed by atoms with Crippen molar-refractivity contribution in [2.45, 2.75) is 39.2 Å². The van der Waals surface area contributed by atoms with E-state index in [0.29, 0.717) is 0 Å². The molecular formula is C20H25ClN2OS. The Morgan fingerprint density at radius 2 is 1.96 bits per heavy atom. The number of carbonyl (C=O) groups excluding carboxylic acids is 1. The third kappa shape index (κ3) is 3.23. The molecule has 0 bridgehead atoms. The Balaban J connectivity index is 0.00000182. The van der Waals surface area contributed by atoms with E-state index in [0.717, 1.165) is 37.2 Å². The number of aryl methyl sites for hydroxylation is 2. The Kier molecular flexibility index (Phi) is 4.97. The van der Waals surface area contributed by atoms with Gasteiger partial charge in [-0.05, 0) is 47.4 Å². The van der Waals surface area contributed by atoms with Crippen molar-refractivity contribution in [1.29, 1.82) is 0 Å². The summed E-state index contributed by atoms with van der Waals surface area (Å²) in [6.45, 7) is 5.83. The molecule has 1 amide bonds. The molecule has 1 unspecified atom stereocenters. The summed E-state index contributed by atoms with van der Waals surface area (Å²) in [4.78, 5) is 17.2. The van der Waals surface area contributed by atoms with Gasteiger partial charge in [-0.15, -0.1) is 23.7 Å². The van der Waals surface area contributed by atoms with Crippen molar-refractivity contribution in [3.63, 3.8) is 0 Å². The summed E-state index contributed by atoms with van der Waals surface area (Å²) in [7, 11) is 0. The Morgan fingerprint density at radius 1 is 1.24 bits per heavy atom. The number of piperidine rings is 1. The second-order valence-corrected chi connectivity index (χ2v) is 8.78. The average molecular weight is 377 g/mol. The second-order valence-electron chi connectivity index (χ2n) is 7.73. The van der Waals surface area contributed by atoms with Gasteiger partial charge in [0.25, 0.3) is 5.91 Å². The van der Waals surface area contributed by atoms with Crippen molar-refractivity contribution in [2.75, 3.05) is 13.1 Å². The molecule has 1 aromatic heterocycles. The van der Waals surface area contributed by atoms with E-state index < -0.39 is 0 Å². The Labute approximate surface area is 159 Å². The lowest BCUT2D eigenvalue weighted by molar-refractivity contribution is 0.0537. The van der Waals surface area contributed by atoms with E-state index in [1.165, 1.54) is 21.6 Å². The Hall–Kier alpha value is -1.36. The number of nitrogens with zero attached hydrogens (tertiary/aromatic N) is 1. The number of thiophene rings is 1.